The number of benzene rings is 1. The highest BCUT2D eigenvalue weighted by atomic mass is 16.6. The van der Waals surface area contributed by atoms with Crippen molar-refractivity contribution in [2.24, 2.45) is 0 Å². The third kappa shape index (κ3) is 3.62. The number of fused-ring (bicyclic) bond motifs is 1. The van der Waals surface area contributed by atoms with Crippen molar-refractivity contribution in [2.45, 2.75) is 19.6 Å². The van der Waals surface area contributed by atoms with Gasteiger partial charge in [0.05, 0.1) is 5.69 Å². The maximum atomic E-state index is 12.3. The lowest BCUT2D eigenvalue weighted by atomic mass is 10.1. The van der Waals surface area contributed by atoms with E-state index in [2.05, 4.69) is 20.2 Å². The van der Waals surface area contributed by atoms with Gasteiger partial charge in [-0.05, 0) is 18.5 Å². The lowest BCUT2D eigenvalue weighted by Crippen LogP contribution is -2.49. The van der Waals surface area contributed by atoms with E-state index in [0.717, 1.165) is 49.7 Å². The van der Waals surface area contributed by atoms with Crippen LogP contribution in [0.5, 0.6) is 0 Å². The molecule has 3 heterocycles. The molecule has 0 aliphatic carbocycles. The molecule has 1 N–H and O–H groups in total. The number of aromatic nitrogens is 2. The quantitative estimate of drug-likeness (QED) is 0.903. The predicted octanol–water partition coefficient (Wildman–Crippen LogP) is 1.58. The molecule has 0 unspecified atom stereocenters. The van der Waals surface area contributed by atoms with Crippen LogP contribution in [-0.4, -0.2) is 53.7 Å². The van der Waals surface area contributed by atoms with E-state index < -0.39 is 0 Å². The van der Waals surface area contributed by atoms with Crippen LogP contribution in [0.4, 0.5) is 10.6 Å². The van der Waals surface area contributed by atoms with Crippen LogP contribution in [0.1, 0.15) is 16.8 Å². The zero-order valence-electron chi connectivity index (χ0n) is 14.7. The van der Waals surface area contributed by atoms with Crippen LogP contribution >= 0.6 is 0 Å². The summed E-state index contributed by atoms with van der Waals surface area (Å²) in [5, 5.41) is 3.34. The Bertz CT molecular complexity index is 760. The predicted molar refractivity (Wildman–Crippen MR) is 97.9 cm³/mol. The Kier molecular flexibility index (Phi) is 4.97. The standard InChI is InChI=1S/C19H23N5O2/c25-19(26-13-15-4-2-1-3-5-15)24-10-8-23(9-11-24)18-16-6-7-20-12-17(16)21-14-22-18/h1-5,14,20H,6-13H2. The number of amides is 1. The number of rotatable bonds is 3. The number of ether oxygens (including phenoxy) is 1. The van der Waals surface area contributed by atoms with Crippen molar-refractivity contribution in [3.05, 3.63) is 53.5 Å². The zero-order chi connectivity index (χ0) is 17.8. The fraction of sp³-hybridized carbons (Fsp3) is 0.421. The fourth-order valence-electron chi connectivity index (χ4n) is 3.45. The van der Waals surface area contributed by atoms with Gasteiger partial charge in [-0.3, -0.25) is 0 Å². The highest BCUT2D eigenvalue weighted by Crippen LogP contribution is 2.23. The lowest BCUT2D eigenvalue weighted by Gasteiger charge is -2.36. The minimum atomic E-state index is -0.248. The Morgan fingerprint density at radius 3 is 2.73 bits per heavy atom. The maximum Gasteiger partial charge on any atom is 0.410 e. The van der Waals surface area contributed by atoms with E-state index in [1.807, 2.05) is 30.3 Å². The van der Waals surface area contributed by atoms with Crippen molar-refractivity contribution in [1.29, 1.82) is 0 Å². The van der Waals surface area contributed by atoms with Crippen molar-refractivity contribution in [3.63, 3.8) is 0 Å². The van der Waals surface area contributed by atoms with Crippen molar-refractivity contribution < 1.29 is 9.53 Å². The Balaban J connectivity index is 1.33. The van der Waals surface area contributed by atoms with E-state index in [1.54, 1.807) is 11.2 Å². The van der Waals surface area contributed by atoms with Crippen LogP contribution in [0.3, 0.4) is 0 Å². The number of nitrogens with zero attached hydrogens (tertiary/aromatic N) is 4. The molecule has 26 heavy (non-hydrogen) atoms. The maximum absolute atomic E-state index is 12.3. The van der Waals surface area contributed by atoms with Crippen LogP contribution in [0.2, 0.25) is 0 Å². The van der Waals surface area contributed by atoms with Gasteiger partial charge >= 0.3 is 6.09 Å². The molecule has 1 amide bonds. The molecule has 7 nitrogen and oxygen atoms in total. The first-order valence-electron chi connectivity index (χ1n) is 9.05. The molecule has 0 bridgehead atoms. The monoisotopic (exact) mass is 353 g/mol. The van der Waals surface area contributed by atoms with Gasteiger partial charge in [-0.15, -0.1) is 0 Å². The first kappa shape index (κ1) is 16.8. The van der Waals surface area contributed by atoms with Gasteiger partial charge in [0.15, 0.2) is 0 Å². The molecule has 0 radical (unpaired) electrons. The topological polar surface area (TPSA) is 70.6 Å². The molecular weight excluding hydrogens is 330 g/mol. The number of anilines is 1. The summed E-state index contributed by atoms with van der Waals surface area (Å²) in [7, 11) is 0. The first-order valence-corrected chi connectivity index (χ1v) is 9.05. The van der Waals surface area contributed by atoms with Crippen molar-refractivity contribution >= 4 is 11.9 Å². The average Bonchev–Trinajstić information content (AvgIpc) is 2.72. The second kappa shape index (κ2) is 7.70. The van der Waals surface area contributed by atoms with Crippen LogP contribution in [-0.2, 0) is 24.3 Å². The van der Waals surface area contributed by atoms with Crippen LogP contribution in [0.25, 0.3) is 0 Å². The summed E-state index contributed by atoms with van der Waals surface area (Å²) in [6.45, 7) is 4.88. The smallest absolute Gasteiger partial charge is 0.410 e. The van der Waals surface area contributed by atoms with E-state index >= 15 is 0 Å². The van der Waals surface area contributed by atoms with Crippen LogP contribution in [0.15, 0.2) is 36.7 Å². The summed E-state index contributed by atoms with van der Waals surface area (Å²) in [4.78, 5) is 25.2. The van der Waals surface area contributed by atoms with Gasteiger partial charge in [-0.1, -0.05) is 30.3 Å². The van der Waals surface area contributed by atoms with Crippen LogP contribution < -0.4 is 10.2 Å². The summed E-state index contributed by atoms with van der Waals surface area (Å²) in [5.41, 5.74) is 3.33. The Morgan fingerprint density at radius 1 is 1.12 bits per heavy atom. The van der Waals surface area contributed by atoms with Gasteiger partial charge in [0.25, 0.3) is 0 Å². The first-order chi connectivity index (χ1) is 12.8. The van der Waals surface area contributed by atoms with Crippen molar-refractivity contribution in [1.82, 2.24) is 20.2 Å². The van der Waals surface area contributed by atoms with Crippen molar-refractivity contribution in [2.75, 3.05) is 37.6 Å². The SMILES string of the molecule is O=C(OCc1ccccc1)N1CCN(c2ncnc3c2CCNC3)CC1. The summed E-state index contributed by atoms with van der Waals surface area (Å²) in [5.74, 6) is 1.02. The molecule has 2 aliphatic rings. The minimum Gasteiger partial charge on any atom is -0.445 e. The minimum absolute atomic E-state index is 0.248. The molecule has 2 aliphatic heterocycles. The lowest BCUT2D eigenvalue weighted by molar-refractivity contribution is 0.0941. The molecule has 0 spiro atoms. The third-order valence-electron chi connectivity index (χ3n) is 4.90. The molecule has 4 rings (SSSR count). The number of piperazine rings is 1. The van der Waals surface area contributed by atoms with Gasteiger partial charge in [0.2, 0.25) is 0 Å². The van der Waals surface area contributed by atoms with E-state index in [4.69, 9.17) is 4.74 Å². The molecule has 0 saturated carbocycles. The molecule has 1 fully saturated rings. The van der Waals surface area contributed by atoms with Gasteiger partial charge in [-0.25, -0.2) is 14.8 Å². The number of carbonyl (C=O) groups excluding carboxylic acids is 1. The molecular formula is C19H23N5O2. The Hall–Kier alpha value is -2.67. The average molecular weight is 353 g/mol. The van der Waals surface area contributed by atoms with Gasteiger partial charge in [-0.2, -0.15) is 0 Å². The molecule has 1 aromatic carbocycles. The summed E-state index contributed by atoms with van der Waals surface area (Å²) >= 11 is 0. The normalized spacial score (nSPS) is 16.9. The van der Waals surface area contributed by atoms with Crippen LogP contribution in [0, 0.1) is 0 Å². The van der Waals surface area contributed by atoms with Gasteiger partial charge in [0.1, 0.15) is 18.8 Å². The summed E-state index contributed by atoms with van der Waals surface area (Å²) in [6, 6.07) is 9.75. The highest BCUT2D eigenvalue weighted by Gasteiger charge is 2.26. The number of hydrogen-bond donors (Lipinski definition) is 1. The van der Waals surface area contributed by atoms with E-state index in [0.29, 0.717) is 19.7 Å². The summed E-state index contributed by atoms with van der Waals surface area (Å²) in [6.07, 6.45) is 2.34. The zero-order valence-corrected chi connectivity index (χ0v) is 14.7. The largest absolute Gasteiger partial charge is 0.445 e. The van der Waals surface area contributed by atoms with E-state index in [1.165, 1.54) is 5.56 Å². The Morgan fingerprint density at radius 2 is 1.92 bits per heavy atom. The highest BCUT2D eigenvalue weighted by molar-refractivity contribution is 5.68. The second-order valence-electron chi connectivity index (χ2n) is 6.56. The number of carbonyl (C=O) groups is 1. The van der Waals surface area contributed by atoms with E-state index in [9.17, 15) is 4.79 Å². The number of hydrogen-bond acceptors (Lipinski definition) is 6. The molecule has 7 heteroatoms. The molecule has 2 aromatic rings. The molecule has 0 atom stereocenters. The Labute approximate surface area is 153 Å². The van der Waals surface area contributed by atoms with Gasteiger partial charge in [0, 0.05) is 38.3 Å². The fourth-order valence-corrected chi connectivity index (χ4v) is 3.45. The molecule has 1 saturated heterocycles. The number of nitrogens with one attached hydrogen (secondary N) is 1. The second-order valence-corrected chi connectivity index (χ2v) is 6.56. The van der Waals surface area contributed by atoms with Gasteiger partial charge < -0.3 is 19.9 Å². The third-order valence-corrected chi connectivity index (χ3v) is 4.90. The summed E-state index contributed by atoms with van der Waals surface area (Å²) < 4.78 is 5.43. The molecule has 1 aromatic heterocycles. The molecule has 136 valence electrons. The van der Waals surface area contributed by atoms with Crippen molar-refractivity contribution in [3.8, 4) is 0 Å². The van der Waals surface area contributed by atoms with E-state index in [-0.39, 0.29) is 6.09 Å².